The molecule has 4 rings (SSSR count). The van der Waals surface area contributed by atoms with Gasteiger partial charge in [0.1, 0.15) is 11.9 Å². The number of carbonyl (C=O) groups excluding carboxylic acids is 2. The highest BCUT2D eigenvalue weighted by molar-refractivity contribution is 5.95. The third kappa shape index (κ3) is 4.24. The van der Waals surface area contributed by atoms with Gasteiger partial charge in [0.15, 0.2) is 0 Å². The lowest BCUT2D eigenvalue weighted by molar-refractivity contribution is -0.156. The summed E-state index contributed by atoms with van der Waals surface area (Å²) >= 11 is 0. The maximum absolute atomic E-state index is 12.9. The van der Waals surface area contributed by atoms with Crippen LogP contribution in [0.25, 0.3) is 0 Å². The summed E-state index contributed by atoms with van der Waals surface area (Å²) < 4.78 is 22.4. The van der Waals surface area contributed by atoms with Crippen LogP contribution in [0.15, 0.2) is 18.2 Å². The summed E-state index contributed by atoms with van der Waals surface area (Å²) in [6, 6.07) is 5.65. The number of nitrogens with one attached hydrogen (secondary N) is 1. The van der Waals surface area contributed by atoms with Crippen LogP contribution in [0.3, 0.4) is 0 Å². The fraction of sp³-hybridized carbons (Fsp3) is 0.619. The van der Waals surface area contributed by atoms with E-state index in [1.165, 1.54) is 7.11 Å². The zero-order chi connectivity index (χ0) is 20.4. The molecule has 0 aromatic heterocycles. The number of aliphatic hydroxyl groups is 1. The Morgan fingerprint density at radius 1 is 1.31 bits per heavy atom. The summed E-state index contributed by atoms with van der Waals surface area (Å²) in [5.74, 6) is -0.624. The molecule has 0 radical (unpaired) electrons. The molecule has 8 nitrogen and oxygen atoms in total. The van der Waals surface area contributed by atoms with Gasteiger partial charge in [0.05, 0.1) is 51.5 Å². The van der Waals surface area contributed by atoms with E-state index in [1.54, 1.807) is 0 Å². The number of carbonyl (C=O) groups is 2. The van der Waals surface area contributed by atoms with Gasteiger partial charge in [-0.05, 0) is 24.6 Å². The molecular formula is C21H27NO7. The number of hydrogen-bond donors (Lipinski definition) is 2. The average molecular weight is 405 g/mol. The summed E-state index contributed by atoms with van der Waals surface area (Å²) in [5, 5.41) is 12.8. The second kappa shape index (κ2) is 8.69. The number of anilines is 1. The minimum atomic E-state index is -0.700. The van der Waals surface area contributed by atoms with E-state index in [0.29, 0.717) is 25.3 Å². The maximum atomic E-state index is 12.9. The standard InChI is InChI=1S/C21H27NO7/c1-26-19(24)10-14-9-16-15-8-12(22-21(25)20(16)18(11-23)29-14)2-3-17(15)28-13-4-6-27-7-5-13/h2-3,8,13-14,16,18,20,23H,4-7,9-11H2,1H3,(H,22,25)/t14-,16+,18-,20-/m0/s1. The normalized spacial score (nSPS) is 29.4. The number of fused-ring (bicyclic) bond motifs is 4. The van der Waals surface area contributed by atoms with Gasteiger partial charge in [0.2, 0.25) is 5.91 Å². The summed E-state index contributed by atoms with van der Waals surface area (Å²) in [4.78, 5) is 24.7. The lowest BCUT2D eigenvalue weighted by Crippen LogP contribution is -2.47. The number of ether oxygens (including phenoxy) is 4. The second-order valence-corrected chi connectivity index (χ2v) is 7.80. The molecule has 0 saturated carbocycles. The third-order valence-corrected chi connectivity index (χ3v) is 5.96. The van der Waals surface area contributed by atoms with E-state index in [2.05, 4.69) is 5.32 Å². The molecule has 2 bridgehead atoms. The highest BCUT2D eigenvalue weighted by Gasteiger charge is 2.46. The molecule has 29 heavy (non-hydrogen) atoms. The number of rotatable bonds is 5. The number of aliphatic hydroxyl groups excluding tert-OH is 1. The van der Waals surface area contributed by atoms with Crippen molar-refractivity contribution in [1.29, 1.82) is 0 Å². The molecule has 1 amide bonds. The monoisotopic (exact) mass is 405 g/mol. The molecule has 2 fully saturated rings. The second-order valence-electron chi connectivity index (χ2n) is 7.80. The van der Waals surface area contributed by atoms with Gasteiger partial charge in [-0.3, -0.25) is 9.59 Å². The van der Waals surface area contributed by atoms with Gasteiger partial charge in [0.25, 0.3) is 0 Å². The van der Waals surface area contributed by atoms with E-state index < -0.39 is 18.1 Å². The zero-order valence-electron chi connectivity index (χ0n) is 16.5. The van der Waals surface area contributed by atoms with Crippen LogP contribution in [0.2, 0.25) is 0 Å². The largest absolute Gasteiger partial charge is 0.490 e. The molecule has 3 aliphatic heterocycles. The van der Waals surface area contributed by atoms with Gasteiger partial charge in [-0.2, -0.15) is 0 Å². The fourth-order valence-corrected chi connectivity index (χ4v) is 4.53. The van der Waals surface area contributed by atoms with Gasteiger partial charge in [-0.1, -0.05) is 0 Å². The average Bonchev–Trinajstić information content (AvgIpc) is 2.85. The van der Waals surface area contributed by atoms with Gasteiger partial charge < -0.3 is 29.4 Å². The molecule has 158 valence electrons. The molecule has 4 atom stereocenters. The van der Waals surface area contributed by atoms with Crippen molar-refractivity contribution in [2.75, 3.05) is 32.2 Å². The molecule has 3 heterocycles. The maximum Gasteiger partial charge on any atom is 0.308 e. The van der Waals surface area contributed by atoms with E-state index >= 15 is 0 Å². The fourth-order valence-electron chi connectivity index (χ4n) is 4.53. The first-order chi connectivity index (χ1) is 14.1. The van der Waals surface area contributed by atoms with E-state index in [9.17, 15) is 14.7 Å². The number of hydrogen-bond acceptors (Lipinski definition) is 7. The number of benzene rings is 1. The zero-order valence-corrected chi connectivity index (χ0v) is 16.5. The van der Waals surface area contributed by atoms with Crippen molar-refractivity contribution in [3.8, 4) is 5.75 Å². The Balaban J connectivity index is 1.65. The van der Waals surface area contributed by atoms with E-state index in [1.807, 2.05) is 18.2 Å². The summed E-state index contributed by atoms with van der Waals surface area (Å²) in [7, 11) is 1.33. The van der Waals surface area contributed by atoms with Crippen LogP contribution >= 0.6 is 0 Å². The first-order valence-corrected chi connectivity index (χ1v) is 10.1. The van der Waals surface area contributed by atoms with Crippen LogP contribution in [0.4, 0.5) is 5.69 Å². The van der Waals surface area contributed by atoms with Crippen molar-refractivity contribution >= 4 is 17.6 Å². The Morgan fingerprint density at radius 2 is 2.10 bits per heavy atom. The quantitative estimate of drug-likeness (QED) is 0.718. The molecule has 0 spiro atoms. The van der Waals surface area contributed by atoms with Crippen molar-refractivity contribution in [2.45, 2.75) is 49.9 Å². The molecular weight excluding hydrogens is 378 g/mol. The first-order valence-electron chi connectivity index (χ1n) is 10.1. The van der Waals surface area contributed by atoms with Crippen LogP contribution < -0.4 is 10.1 Å². The molecule has 0 aliphatic carbocycles. The Morgan fingerprint density at radius 3 is 2.83 bits per heavy atom. The van der Waals surface area contributed by atoms with E-state index in [0.717, 1.165) is 24.2 Å². The van der Waals surface area contributed by atoms with Gasteiger partial charge in [-0.25, -0.2) is 0 Å². The molecule has 3 aliphatic rings. The highest BCUT2D eigenvalue weighted by atomic mass is 16.5. The highest BCUT2D eigenvalue weighted by Crippen LogP contribution is 2.46. The lowest BCUT2D eigenvalue weighted by atomic mass is 9.76. The molecule has 2 N–H and O–H groups in total. The van der Waals surface area contributed by atoms with E-state index in [4.69, 9.17) is 18.9 Å². The van der Waals surface area contributed by atoms with Gasteiger partial charge in [0, 0.05) is 30.0 Å². The van der Waals surface area contributed by atoms with Crippen LogP contribution in [0.1, 0.15) is 37.2 Å². The summed E-state index contributed by atoms with van der Waals surface area (Å²) in [6.07, 6.45) is 1.11. The Kier molecular flexibility index (Phi) is 6.03. The molecule has 2 saturated heterocycles. The van der Waals surface area contributed by atoms with Crippen molar-refractivity contribution in [3.63, 3.8) is 0 Å². The molecule has 8 heteroatoms. The topological polar surface area (TPSA) is 103 Å². The Hall–Kier alpha value is -2.16. The van der Waals surface area contributed by atoms with Crippen LogP contribution in [-0.4, -0.2) is 62.2 Å². The molecule has 1 aromatic carbocycles. The van der Waals surface area contributed by atoms with Crippen molar-refractivity contribution in [2.24, 2.45) is 5.92 Å². The molecule has 1 aromatic rings. The smallest absolute Gasteiger partial charge is 0.308 e. The number of amides is 1. The minimum Gasteiger partial charge on any atom is -0.490 e. The predicted octanol–water partition coefficient (Wildman–Crippen LogP) is 1.61. The Bertz CT molecular complexity index is 761. The molecule has 0 unspecified atom stereocenters. The van der Waals surface area contributed by atoms with Crippen LogP contribution in [0, 0.1) is 5.92 Å². The lowest BCUT2D eigenvalue weighted by Gasteiger charge is -2.40. The summed E-state index contributed by atoms with van der Waals surface area (Å²) in [6.45, 7) is 1.04. The SMILES string of the molecule is COC(=O)C[C@@H]1C[C@@H]2c3cc(ccc3OC3CCOCC3)NC(=O)[C@@H]2[C@H](CO)O1. The van der Waals surface area contributed by atoms with Crippen LogP contribution in [-0.2, 0) is 23.8 Å². The van der Waals surface area contributed by atoms with Crippen LogP contribution in [0.5, 0.6) is 5.75 Å². The first kappa shape index (κ1) is 20.1. The van der Waals surface area contributed by atoms with E-state index in [-0.39, 0.29) is 36.9 Å². The van der Waals surface area contributed by atoms with Gasteiger partial charge in [-0.15, -0.1) is 0 Å². The van der Waals surface area contributed by atoms with Gasteiger partial charge >= 0.3 is 5.97 Å². The number of esters is 1. The summed E-state index contributed by atoms with van der Waals surface area (Å²) in [5.41, 5.74) is 1.61. The van der Waals surface area contributed by atoms with Crippen molar-refractivity contribution in [1.82, 2.24) is 0 Å². The van der Waals surface area contributed by atoms with Crippen molar-refractivity contribution in [3.05, 3.63) is 23.8 Å². The Labute approximate surface area is 169 Å². The predicted molar refractivity (Wildman–Crippen MR) is 103 cm³/mol. The third-order valence-electron chi connectivity index (χ3n) is 5.96. The van der Waals surface area contributed by atoms with Crippen molar-refractivity contribution < 1.29 is 33.6 Å². The minimum absolute atomic E-state index is 0.0653. The number of methoxy groups -OCH3 is 1.